The molecule has 2 aromatic carbocycles. The van der Waals surface area contributed by atoms with E-state index in [1.54, 1.807) is 19.3 Å². The lowest BCUT2D eigenvalue weighted by Crippen LogP contribution is -2.39. The number of rotatable bonds is 5. The van der Waals surface area contributed by atoms with E-state index in [9.17, 15) is 14.4 Å². The summed E-state index contributed by atoms with van der Waals surface area (Å²) in [6, 6.07) is 10.6. The Bertz CT molecular complexity index is 1380. The Morgan fingerprint density at radius 3 is 2.45 bits per heavy atom. The summed E-state index contributed by atoms with van der Waals surface area (Å²) in [6.45, 7) is 5.13. The van der Waals surface area contributed by atoms with Crippen LogP contribution in [-0.4, -0.2) is 23.0 Å². The first-order valence-electron chi connectivity index (χ1n) is 9.81. The van der Waals surface area contributed by atoms with Crippen molar-refractivity contribution in [2.24, 2.45) is 0 Å². The number of nitrogens with one attached hydrogen (secondary N) is 1. The average molecular weight is 419 g/mol. The van der Waals surface area contributed by atoms with Gasteiger partial charge in [-0.05, 0) is 38.0 Å². The van der Waals surface area contributed by atoms with Crippen LogP contribution in [-0.2, 0) is 16.0 Å². The fourth-order valence-electron chi connectivity index (χ4n) is 3.59. The Hall–Kier alpha value is -3.87. The molecule has 2 heterocycles. The first-order chi connectivity index (χ1) is 14.7. The van der Waals surface area contributed by atoms with Crippen molar-refractivity contribution in [1.29, 1.82) is 0 Å². The Morgan fingerprint density at radius 2 is 1.77 bits per heavy atom. The smallest absolute Gasteiger partial charge is 0.340 e. The maximum absolute atomic E-state index is 12.5. The van der Waals surface area contributed by atoms with Crippen molar-refractivity contribution in [3.05, 3.63) is 69.8 Å². The zero-order chi connectivity index (χ0) is 22.3. The number of carbonyl (C=O) groups excluding carboxylic acids is 1. The minimum atomic E-state index is -1.15. The summed E-state index contributed by atoms with van der Waals surface area (Å²) in [4.78, 5) is 35.7. The molecular weight excluding hydrogens is 398 g/mol. The summed E-state index contributed by atoms with van der Waals surface area (Å²) >= 11 is 0. The molecule has 0 radical (unpaired) electrons. The highest BCUT2D eigenvalue weighted by molar-refractivity contribution is 6.02. The van der Waals surface area contributed by atoms with Crippen LogP contribution >= 0.6 is 0 Å². The molecule has 0 aliphatic heterocycles. The Kier molecular flexibility index (Phi) is 5.10. The second-order valence-corrected chi connectivity index (χ2v) is 7.66. The fraction of sp³-hybridized carbons (Fsp3) is 0.208. The van der Waals surface area contributed by atoms with Crippen LogP contribution in [0.4, 0.5) is 0 Å². The largest absolute Gasteiger partial charge is 0.480 e. The molecule has 0 saturated heterocycles. The number of amides is 1. The van der Waals surface area contributed by atoms with Gasteiger partial charge in [0.1, 0.15) is 17.2 Å². The van der Waals surface area contributed by atoms with Crippen molar-refractivity contribution in [3.63, 3.8) is 0 Å². The van der Waals surface area contributed by atoms with E-state index in [1.165, 1.54) is 6.92 Å². The quantitative estimate of drug-likeness (QED) is 0.474. The molecule has 31 heavy (non-hydrogen) atoms. The molecule has 1 atom stereocenters. The molecule has 0 spiro atoms. The van der Waals surface area contributed by atoms with Gasteiger partial charge in [0.05, 0.1) is 18.2 Å². The van der Waals surface area contributed by atoms with Crippen LogP contribution in [0.2, 0.25) is 0 Å². The minimum Gasteiger partial charge on any atom is -0.480 e. The SMILES string of the molecule is Cc1ccc(-c2coc3cc4oc(=O)c(CC(=O)NC(C)C(=O)O)c(C)c4cc23)cc1. The molecular formula is C24H21NO6. The third kappa shape index (κ3) is 3.82. The van der Waals surface area contributed by atoms with Gasteiger partial charge in [-0.1, -0.05) is 29.8 Å². The molecule has 0 saturated carbocycles. The Labute approximate surface area is 177 Å². The van der Waals surface area contributed by atoms with Gasteiger partial charge in [0.2, 0.25) is 5.91 Å². The number of aryl methyl sites for hydroxylation is 2. The summed E-state index contributed by atoms with van der Waals surface area (Å²) in [5.74, 6) is -1.71. The normalized spacial score (nSPS) is 12.2. The van der Waals surface area contributed by atoms with Crippen LogP contribution in [0.5, 0.6) is 0 Å². The molecule has 7 nitrogen and oxygen atoms in total. The summed E-state index contributed by atoms with van der Waals surface area (Å²) < 4.78 is 11.2. The zero-order valence-electron chi connectivity index (χ0n) is 17.3. The van der Waals surface area contributed by atoms with Crippen molar-refractivity contribution in [3.8, 4) is 11.1 Å². The molecule has 1 unspecified atom stereocenters. The van der Waals surface area contributed by atoms with E-state index in [2.05, 4.69) is 5.32 Å². The first-order valence-corrected chi connectivity index (χ1v) is 9.81. The third-order valence-electron chi connectivity index (χ3n) is 5.43. The summed E-state index contributed by atoms with van der Waals surface area (Å²) in [5.41, 5.74) is 4.20. The number of aliphatic carboxylic acids is 1. The van der Waals surface area contributed by atoms with Crippen LogP contribution in [0, 0.1) is 13.8 Å². The summed E-state index contributed by atoms with van der Waals surface area (Å²) in [7, 11) is 0. The fourth-order valence-corrected chi connectivity index (χ4v) is 3.59. The van der Waals surface area contributed by atoms with Gasteiger partial charge in [0.25, 0.3) is 0 Å². The maximum atomic E-state index is 12.5. The van der Waals surface area contributed by atoms with Crippen LogP contribution in [0.15, 0.2) is 56.3 Å². The zero-order valence-corrected chi connectivity index (χ0v) is 17.3. The standard InChI is InChI=1S/C24H21NO6/c1-12-4-6-15(7-5-12)19-11-30-20-10-21-16(8-18(19)20)13(2)17(24(29)31-21)9-22(26)25-14(3)23(27)28/h4-8,10-11,14H,9H2,1-3H3,(H,25,26)(H,27,28). The second kappa shape index (κ2) is 7.75. The number of carboxylic acid groups (broad SMARTS) is 1. The highest BCUT2D eigenvalue weighted by atomic mass is 16.4. The van der Waals surface area contributed by atoms with E-state index in [1.807, 2.05) is 37.3 Å². The van der Waals surface area contributed by atoms with Crippen LogP contribution in [0.25, 0.3) is 33.1 Å². The van der Waals surface area contributed by atoms with E-state index in [0.29, 0.717) is 22.1 Å². The second-order valence-electron chi connectivity index (χ2n) is 7.66. The number of benzene rings is 2. The van der Waals surface area contributed by atoms with Gasteiger partial charge in [-0.15, -0.1) is 0 Å². The number of furan rings is 1. The highest BCUT2D eigenvalue weighted by Crippen LogP contribution is 2.34. The van der Waals surface area contributed by atoms with Gasteiger partial charge in [-0.3, -0.25) is 9.59 Å². The monoisotopic (exact) mass is 419 g/mol. The van der Waals surface area contributed by atoms with Crippen molar-refractivity contribution in [2.75, 3.05) is 0 Å². The number of fused-ring (bicyclic) bond motifs is 2. The average Bonchev–Trinajstić information content (AvgIpc) is 3.13. The molecule has 7 heteroatoms. The van der Waals surface area contributed by atoms with Gasteiger partial charge in [0, 0.05) is 22.4 Å². The van der Waals surface area contributed by atoms with Gasteiger partial charge in [-0.2, -0.15) is 0 Å². The van der Waals surface area contributed by atoms with Gasteiger partial charge in [-0.25, -0.2) is 4.79 Å². The molecule has 158 valence electrons. The molecule has 2 aromatic heterocycles. The number of carbonyl (C=O) groups is 2. The molecule has 4 rings (SSSR count). The molecule has 2 N–H and O–H groups in total. The van der Waals surface area contributed by atoms with E-state index in [0.717, 1.165) is 22.1 Å². The molecule has 1 amide bonds. The summed E-state index contributed by atoms with van der Waals surface area (Å²) in [5, 5.41) is 12.9. The van der Waals surface area contributed by atoms with Crippen molar-refractivity contribution in [2.45, 2.75) is 33.2 Å². The van der Waals surface area contributed by atoms with E-state index in [-0.39, 0.29) is 12.0 Å². The maximum Gasteiger partial charge on any atom is 0.340 e. The number of carboxylic acids is 1. The molecule has 4 aromatic rings. The third-order valence-corrected chi connectivity index (χ3v) is 5.43. The van der Waals surface area contributed by atoms with E-state index in [4.69, 9.17) is 13.9 Å². The number of hydrogen-bond acceptors (Lipinski definition) is 5. The van der Waals surface area contributed by atoms with Gasteiger partial charge < -0.3 is 19.3 Å². The molecule has 0 bridgehead atoms. The molecule has 0 aliphatic rings. The van der Waals surface area contributed by atoms with E-state index < -0.39 is 23.5 Å². The molecule has 0 fully saturated rings. The van der Waals surface area contributed by atoms with Crippen molar-refractivity contribution < 1.29 is 23.5 Å². The lowest BCUT2D eigenvalue weighted by atomic mass is 9.99. The summed E-state index contributed by atoms with van der Waals surface area (Å²) in [6.07, 6.45) is 1.40. The van der Waals surface area contributed by atoms with Gasteiger partial charge in [0.15, 0.2) is 0 Å². The Morgan fingerprint density at radius 1 is 1.06 bits per heavy atom. The predicted molar refractivity (Wildman–Crippen MR) is 116 cm³/mol. The topological polar surface area (TPSA) is 110 Å². The van der Waals surface area contributed by atoms with E-state index >= 15 is 0 Å². The first kappa shape index (κ1) is 20.4. The van der Waals surface area contributed by atoms with Crippen molar-refractivity contribution >= 4 is 33.8 Å². The van der Waals surface area contributed by atoms with Crippen molar-refractivity contribution in [1.82, 2.24) is 5.32 Å². The number of hydrogen-bond donors (Lipinski definition) is 2. The minimum absolute atomic E-state index is 0.197. The Balaban J connectivity index is 1.79. The van der Waals surface area contributed by atoms with Crippen LogP contribution < -0.4 is 10.9 Å². The molecule has 0 aliphatic carbocycles. The lowest BCUT2D eigenvalue weighted by Gasteiger charge is -2.11. The van der Waals surface area contributed by atoms with Crippen LogP contribution in [0.1, 0.15) is 23.6 Å². The van der Waals surface area contributed by atoms with Gasteiger partial charge >= 0.3 is 11.6 Å². The predicted octanol–water partition coefficient (Wildman–Crippen LogP) is 3.95. The lowest BCUT2D eigenvalue weighted by molar-refractivity contribution is -0.141. The van der Waals surface area contributed by atoms with Crippen LogP contribution in [0.3, 0.4) is 0 Å². The highest BCUT2D eigenvalue weighted by Gasteiger charge is 2.20.